The Morgan fingerprint density at radius 2 is 2.12 bits per heavy atom. The molecule has 0 unspecified atom stereocenters. The van der Waals surface area contributed by atoms with Crippen molar-refractivity contribution in [1.82, 2.24) is 9.88 Å². The van der Waals surface area contributed by atoms with E-state index in [4.69, 9.17) is 9.84 Å². The summed E-state index contributed by atoms with van der Waals surface area (Å²) in [5.74, 6) is 0.905. The number of pyridine rings is 1. The average Bonchev–Trinajstić information content (AvgIpc) is 2.23. The van der Waals surface area contributed by atoms with Gasteiger partial charge >= 0.3 is 0 Å². The van der Waals surface area contributed by atoms with Gasteiger partial charge in [0.25, 0.3) is 0 Å². The van der Waals surface area contributed by atoms with Gasteiger partial charge in [-0.05, 0) is 20.9 Å². The molecule has 0 aliphatic heterocycles. The number of ether oxygens (including phenoxy) is 1. The second-order valence-electron chi connectivity index (χ2n) is 4.01. The van der Waals surface area contributed by atoms with Crippen LogP contribution in [-0.2, 0) is 6.54 Å². The Hall–Kier alpha value is -1.13. The van der Waals surface area contributed by atoms with E-state index in [1.54, 1.807) is 7.11 Å². The number of hydrogen-bond acceptors (Lipinski definition) is 4. The van der Waals surface area contributed by atoms with E-state index in [1.165, 1.54) is 0 Å². The first-order valence-corrected chi connectivity index (χ1v) is 5.38. The largest absolute Gasteiger partial charge is 0.496 e. The maximum Gasteiger partial charge on any atom is 0.128 e. The van der Waals surface area contributed by atoms with Crippen LogP contribution in [0.5, 0.6) is 5.75 Å². The Kier molecular flexibility index (Phi) is 4.71. The predicted octanol–water partition coefficient (Wildman–Crippen LogP) is 1.13. The summed E-state index contributed by atoms with van der Waals surface area (Å²) in [6, 6.07) is 0. The Morgan fingerprint density at radius 1 is 1.44 bits per heavy atom. The second kappa shape index (κ2) is 5.82. The van der Waals surface area contributed by atoms with Crippen molar-refractivity contribution in [2.75, 3.05) is 27.3 Å². The molecule has 0 amide bonds. The van der Waals surface area contributed by atoms with Gasteiger partial charge in [0.1, 0.15) is 5.75 Å². The third-order valence-electron chi connectivity index (χ3n) is 2.65. The molecule has 1 heterocycles. The monoisotopic (exact) mass is 224 g/mol. The predicted molar refractivity (Wildman–Crippen MR) is 63.7 cm³/mol. The number of rotatable bonds is 5. The first kappa shape index (κ1) is 12.9. The van der Waals surface area contributed by atoms with Crippen LogP contribution in [0.15, 0.2) is 6.20 Å². The van der Waals surface area contributed by atoms with Crippen LogP contribution in [0.4, 0.5) is 0 Å². The van der Waals surface area contributed by atoms with Gasteiger partial charge in [-0.25, -0.2) is 0 Å². The van der Waals surface area contributed by atoms with Crippen molar-refractivity contribution in [3.63, 3.8) is 0 Å². The first-order valence-electron chi connectivity index (χ1n) is 5.38. The fraction of sp³-hybridized carbons (Fsp3) is 0.583. The molecule has 0 aromatic carbocycles. The van der Waals surface area contributed by atoms with E-state index in [-0.39, 0.29) is 6.61 Å². The third-order valence-corrected chi connectivity index (χ3v) is 2.65. The van der Waals surface area contributed by atoms with E-state index in [0.29, 0.717) is 6.54 Å². The molecule has 1 rings (SSSR count). The highest BCUT2D eigenvalue weighted by Gasteiger charge is 2.10. The summed E-state index contributed by atoms with van der Waals surface area (Å²) in [4.78, 5) is 6.44. The van der Waals surface area contributed by atoms with Crippen molar-refractivity contribution in [3.8, 4) is 5.75 Å². The summed E-state index contributed by atoms with van der Waals surface area (Å²) in [6.07, 6.45) is 1.83. The summed E-state index contributed by atoms with van der Waals surface area (Å²) in [5, 5.41) is 8.84. The minimum absolute atomic E-state index is 0.165. The smallest absolute Gasteiger partial charge is 0.128 e. The Morgan fingerprint density at radius 3 is 2.69 bits per heavy atom. The third kappa shape index (κ3) is 2.93. The number of aliphatic hydroxyl groups is 1. The molecule has 0 radical (unpaired) electrons. The van der Waals surface area contributed by atoms with Crippen LogP contribution >= 0.6 is 0 Å². The molecule has 0 fully saturated rings. The van der Waals surface area contributed by atoms with Crippen molar-refractivity contribution in [3.05, 3.63) is 23.0 Å². The van der Waals surface area contributed by atoms with E-state index >= 15 is 0 Å². The summed E-state index contributed by atoms with van der Waals surface area (Å²) in [7, 11) is 3.64. The van der Waals surface area contributed by atoms with Gasteiger partial charge in [0, 0.05) is 30.4 Å². The standard InChI is InChI=1S/C12H20N2O2/c1-9-7-13-11(8-14(3)5-6-15)10(2)12(9)16-4/h7,15H,5-6,8H2,1-4H3. The van der Waals surface area contributed by atoms with Crippen LogP contribution in [0.1, 0.15) is 16.8 Å². The maximum atomic E-state index is 8.84. The van der Waals surface area contributed by atoms with Gasteiger partial charge < -0.3 is 9.84 Å². The second-order valence-corrected chi connectivity index (χ2v) is 4.01. The number of aryl methyl sites for hydroxylation is 1. The van der Waals surface area contributed by atoms with Gasteiger partial charge in [-0.2, -0.15) is 0 Å². The molecule has 4 heteroatoms. The zero-order valence-corrected chi connectivity index (χ0v) is 10.4. The van der Waals surface area contributed by atoms with Crippen molar-refractivity contribution < 1.29 is 9.84 Å². The van der Waals surface area contributed by atoms with E-state index in [1.807, 2.05) is 32.0 Å². The van der Waals surface area contributed by atoms with Crippen LogP contribution in [0.2, 0.25) is 0 Å². The minimum atomic E-state index is 0.165. The first-order chi connectivity index (χ1) is 7.60. The highest BCUT2D eigenvalue weighted by Crippen LogP contribution is 2.24. The molecular formula is C12H20N2O2. The fourth-order valence-electron chi connectivity index (χ4n) is 1.74. The zero-order valence-electron chi connectivity index (χ0n) is 10.4. The van der Waals surface area contributed by atoms with E-state index < -0.39 is 0 Å². The van der Waals surface area contributed by atoms with Gasteiger partial charge in [-0.15, -0.1) is 0 Å². The quantitative estimate of drug-likeness (QED) is 0.814. The van der Waals surface area contributed by atoms with Gasteiger partial charge in [-0.3, -0.25) is 9.88 Å². The lowest BCUT2D eigenvalue weighted by Crippen LogP contribution is -2.22. The Balaban J connectivity index is 2.89. The minimum Gasteiger partial charge on any atom is -0.496 e. The lowest BCUT2D eigenvalue weighted by Gasteiger charge is -2.17. The van der Waals surface area contributed by atoms with Crippen molar-refractivity contribution in [2.45, 2.75) is 20.4 Å². The molecule has 4 nitrogen and oxygen atoms in total. The molecule has 0 aliphatic carbocycles. The summed E-state index contributed by atoms with van der Waals surface area (Å²) >= 11 is 0. The van der Waals surface area contributed by atoms with Gasteiger partial charge in [0.2, 0.25) is 0 Å². The number of aromatic nitrogens is 1. The molecule has 0 aliphatic rings. The highest BCUT2D eigenvalue weighted by molar-refractivity contribution is 5.40. The average molecular weight is 224 g/mol. The van der Waals surface area contributed by atoms with Crippen LogP contribution in [0.3, 0.4) is 0 Å². The lowest BCUT2D eigenvalue weighted by molar-refractivity contribution is 0.215. The fourth-order valence-corrected chi connectivity index (χ4v) is 1.74. The van der Waals surface area contributed by atoms with Crippen molar-refractivity contribution in [1.29, 1.82) is 0 Å². The van der Waals surface area contributed by atoms with E-state index in [9.17, 15) is 0 Å². The topological polar surface area (TPSA) is 45.6 Å². The van der Waals surface area contributed by atoms with Crippen LogP contribution in [0.25, 0.3) is 0 Å². The number of methoxy groups -OCH3 is 1. The van der Waals surface area contributed by atoms with Crippen LogP contribution < -0.4 is 4.74 Å². The normalized spacial score (nSPS) is 10.9. The van der Waals surface area contributed by atoms with Gasteiger partial charge in [0.15, 0.2) is 0 Å². The summed E-state index contributed by atoms with van der Waals surface area (Å²) < 4.78 is 5.35. The molecule has 0 spiro atoms. The van der Waals surface area contributed by atoms with E-state index in [0.717, 1.165) is 29.1 Å². The number of hydrogen-bond donors (Lipinski definition) is 1. The van der Waals surface area contributed by atoms with Crippen LogP contribution in [-0.4, -0.2) is 42.3 Å². The number of aliphatic hydroxyl groups excluding tert-OH is 1. The van der Waals surface area contributed by atoms with Crippen LogP contribution in [0, 0.1) is 13.8 Å². The molecule has 90 valence electrons. The number of likely N-dealkylation sites (N-methyl/N-ethyl adjacent to an activating group) is 1. The molecule has 1 aromatic heterocycles. The molecule has 0 atom stereocenters. The van der Waals surface area contributed by atoms with Crippen molar-refractivity contribution >= 4 is 0 Å². The Bertz CT molecular complexity index is 353. The van der Waals surface area contributed by atoms with Gasteiger partial charge in [0.05, 0.1) is 19.4 Å². The zero-order chi connectivity index (χ0) is 12.1. The molecule has 0 saturated heterocycles. The Labute approximate surface area is 96.9 Å². The SMILES string of the molecule is COc1c(C)cnc(CN(C)CCO)c1C. The highest BCUT2D eigenvalue weighted by atomic mass is 16.5. The molecule has 16 heavy (non-hydrogen) atoms. The molecule has 1 aromatic rings. The number of nitrogens with zero attached hydrogens (tertiary/aromatic N) is 2. The summed E-state index contributed by atoms with van der Waals surface area (Å²) in [5.41, 5.74) is 3.12. The molecule has 0 saturated carbocycles. The lowest BCUT2D eigenvalue weighted by atomic mass is 10.1. The molecular weight excluding hydrogens is 204 g/mol. The maximum absolute atomic E-state index is 8.84. The van der Waals surface area contributed by atoms with Gasteiger partial charge in [-0.1, -0.05) is 0 Å². The molecule has 1 N–H and O–H groups in total. The van der Waals surface area contributed by atoms with E-state index in [2.05, 4.69) is 4.98 Å². The molecule has 0 bridgehead atoms. The summed E-state index contributed by atoms with van der Waals surface area (Å²) in [6.45, 7) is 5.54. The van der Waals surface area contributed by atoms with Crippen molar-refractivity contribution in [2.24, 2.45) is 0 Å².